The standard InChI is InChI=1S/C11H12BrNO2S/c12-7-3-4-8-13-11(14)9-5-1-2-6-10(9)16(13)15/h1-2,5-6H,3-4,7-8H2. The van der Waals surface area contributed by atoms with Crippen LogP contribution in [0.15, 0.2) is 29.2 Å². The molecule has 0 N–H and O–H groups in total. The van der Waals surface area contributed by atoms with Gasteiger partial charge in [-0.05, 0) is 25.0 Å². The van der Waals surface area contributed by atoms with E-state index in [9.17, 15) is 9.00 Å². The molecule has 1 heterocycles. The molecule has 0 aromatic heterocycles. The molecule has 1 aromatic rings. The molecule has 1 aliphatic heterocycles. The van der Waals surface area contributed by atoms with E-state index in [1.165, 1.54) is 4.31 Å². The topological polar surface area (TPSA) is 37.4 Å². The predicted octanol–water partition coefficient (Wildman–Crippen LogP) is 2.34. The van der Waals surface area contributed by atoms with Gasteiger partial charge in [0.1, 0.15) is 0 Å². The Bertz CT molecular complexity index is 401. The highest BCUT2D eigenvalue weighted by Gasteiger charge is 2.33. The fourth-order valence-corrected chi connectivity index (χ4v) is 3.37. The number of carbonyl (C=O) groups is 1. The average molecular weight is 302 g/mol. The summed E-state index contributed by atoms with van der Waals surface area (Å²) in [6, 6.07) is 7.11. The zero-order valence-corrected chi connectivity index (χ0v) is 11.1. The molecule has 3 nitrogen and oxygen atoms in total. The van der Waals surface area contributed by atoms with E-state index in [0.717, 1.165) is 18.2 Å². The van der Waals surface area contributed by atoms with Crippen LogP contribution in [0, 0.1) is 0 Å². The molecule has 1 amide bonds. The Kier molecular flexibility index (Phi) is 3.76. The molecule has 5 heteroatoms. The van der Waals surface area contributed by atoms with E-state index in [1.54, 1.807) is 18.2 Å². The SMILES string of the molecule is O=C1c2ccccc2S(=O)N1CCCCBr. The molecule has 0 aliphatic carbocycles. The first-order valence-electron chi connectivity index (χ1n) is 5.14. The maximum absolute atomic E-state index is 12.0. The van der Waals surface area contributed by atoms with Crippen LogP contribution < -0.4 is 0 Å². The summed E-state index contributed by atoms with van der Waals surface area (Å²) in [4.78, 5) is 12.6. The third kappa shape index (κ3) is 2.06. The van der Waals surface area contributed by atoms with Crippen molar-refractivity contribution in [2.75, 3.05) is 11.9 Å². The van der Waals surface area contributed by atoms with E-state index < -0.39 is 11.0 Å². The monoisotopic (exact) mass is 301 g/mol. The molecule has 0 radical (unpaired) electrons. The van der Waals surface area contributed by atoms with Gasteiger partial charge in [0.15, 0.2) is 11.0 Å². The number of benzene rings is 1. The molecule has 0 saturated carbocycles. The predicted molar refractivity (Wildman–Crippen MR) is 66.9 cm³/mol. The number of fused-ring (bicyclic) bond motifs is 1. The normalized spacial score (nSPS) is 18.9. The van der Waals surface area contributed by atoms with Gasteiger partial charge in [-0.25, -0.2) is 4.21 Å². The number of carbonyl (C=O) groups excluding carboxylic acids is 1. The van der Waals surface area contributed by atoms with Gasteiger partial charge in [0, 0.05) is 11.9 Å². The summed E-state index contributed by atoms with van der Waals surface area (Å²) in [6.45, 7) is 0.561. The van der Waals surface area contributed by atoms with E-state index in [4.69, 9.17) is 0 Å². The molecule has 2 rings (SSSR count). The highest BCUT2D eigenvalue weighted by atomic mass is 79.9. The maximum atomic E-state index is 12.0. The third-order valence-corrected chi connectivity index (χ3v) is 4.52. The van der Waals surface area contributed by atoms with Gasteiger partial charge in [0.2, 0.25) is 0 Å². The number of hydrogen-bond acceptors (Lipinski definition) is 2. The number of hydrogen-bond donors (Lipinski definition) is 0. The van der Waals surface area contributed by atoms with E-state index in [0.29, 0.717) is 17.0 Å². The fourth-order valence-electron chi connectivity index (χ4n) is 1.66. The van der Waals surface area contributed by atoms with Gasteiger partial charge in [0.25, 0.3) is 5.91 Å². The second-order valence-electron chi connectivity index (χ2n) is 3.55. The largest absolute Gasteiger partial charge is 0.268 e. The van der Waals surface area contributed by atoms with Gasteiger partial charge < -0.3 is 0 Å². The van der Waals surface area contributed by atoms with Crippen molar-refractivity contribution in [1.29, 1.82) is 0 Å². The molecular formula is C11H12BrNO2S. The molecular weight excluding hydrogens is 290 g/mol. The summed E-state index contributed by atoms with van der Waals surface area (Å²) in [5.41, 5.74) is 0.583. The summed E-state index contributed by atoms with van der Waals surface area (Å²) < 4.78 is 13.5. The summed E-state index contributed by atoms with van der Waals surface area (Å²) in [6.07, 6.45) is 1.86. The van der Waals surface area contributed by atoms with Gasteiger partial charge in [-0.2, -0.15) is 0 Å². The Morgan fingerprint density at radius 1 is 1.25 bits per heavy atom. The quantitative estimate of drug-likeness (QED) is 0.632. The molecule has 0 fully saturated rings. The Labute approximate surface area is 106 Å². The molecule has 0 saturated heterocycles. The highest BCUT2D eigenvalue weighted by molar-refractivity contribution is 9.09. The van der Waals surface area contributed by atoms with E-state index in [1.807, 2.05) is 6.07 Å². The fraction of sp³-hybridized carbons (Fsp3) is 0.364. The van der Waals surface area contributed by atoms with Crippen molar-refractivity contribution in [3.05, 3.63) is 29.8 Å². The van der Waals surface area contributed by atoms with Gasteiger partial charge in [0.05, 0.1) is 10.5 Å². The van der Waals surface area contributed by atoms with Crippen LogP contribution in [0.2, 0.25) is 0 Å². The van der Waals surface area contributed by atoms with Crippen LogP contribution in [0.3, 0.4) is 0 Å². The van der Waals surface area contributed by atoms with Gasteiger partial charge >= 0.3 is 0 Å². The molecule has 1 atom stereocenters. The minimum Gasteiger partial charge on any atom is -0.268 e. The number of nitrogens with zero attached hydrogens (tertiary/aromatic N) is 1. The first-order chi connectivity index (χ1) is 7.75. The van der Waals surface area contributed by atoms with Gasteiger partial charge in [-0.1, -0.05) is 28.1 Å². The minimum atomic E-state index is -1.30. The number of rotatable bonds is 4. The third-order valence-electron chi connectivity index (χ3n) is 2.48. The Hall–Kier alpha value is -0.680. The lowest BCUT2D eigenvalue weighted by molar-refractivity contribution is 0.0874. The Morgan fingerprint density at radius 2 is 2.00 bits per heavy atom. The average Bonchev–Trinajstić information content (AvgIpc) is 2.55. The first-order valence-corrected chi connectivity index (χ1v) is 7.37. The van der Waals surface area contributed by atoms with Crippen LogP contribution in [0.5, 0.6) is 0 Å². The second-order valence-corrected chi connectivity index (χ2v) is 5.72. The van der Waals surface area contributed by atoms with Gasteiger partial charge in [-0.15, -0.1) is 0 Å². The number of amides is 1. The van der Waals surface area contributed by atoms with Crippen LogP contribution in [-0.2, 0) is 11.0 Å². The van der Waals surface area contributed by atoms with Crippen LogP contribution in [0.4, 0.5) is 0 Å². The Morgan fingerprint density at radius 3 is 2.69 bits per heavy atom. The van der Waals surface area contributed by atoms with Crippen molar-refractivity contribution >= 4 is 32.8 Å². The molecule has 0 spiro atoms. The van der Waals surface area contributed by atoms with Gasteiger partial charge in [-0.3, -0.25) is 9.10 Å². The van der Waals surface area contributed by atoms with Crippen molar-refractivity contribution in [2.24, 2.45) is 0 Å². The highest BCUT2D eigenvalue weighted by Crippen LogP contribution is 2.26. The summed E-state index contributed by atoms with van der Waals surface area (Å²) >= 11 is 3.34. The van der Waals surface area contributed by atoms with Crippen LogP contribution in [-0.4, -0.2) is 26.3 Å². The molecule has 86 valence electrons. The molecule has 16 heavy (non-hydrogen) atoms. The van der Waals surface area contributed by atoms with E-state index >= 15 is 0 Å². The lowest BCUT2D eigenvalue weighted by atomic mass is 10.2. The lowest BCUT2D eigenvalue weighted by Gasteiger charge is -2.12. The van der Waals surface area contributed by atoms with E-state index in [-0.39, 0.29) is 5.91 Å². The minimum absolute atomic E-state index is 0.108. The molecule has 1 aromatic carbocycles. The first kappa shape index (κ1) is 11.8. The molecule has 1 aliphatic rings. The number of halogens is 1. The molecule has 1 unspecified atom stereocenters. The Balaban J connectivity index is 2.15. The zero-order chi connectivity index (χ0) is 11.5. The summed E-state index contributed by atoms with van der Waals surface area (Å²) in [5.74, 6) is -0.108. The summed E-state index contributed by atoms with van der Waals surface area (Å²) in [7, 11) is -1.30. The lowest BCUT2D eigenvalue weighted by Crippen LogP contribution is -2.27. The van der Waals surface area contributed by atoms with E-state index in [2.05, 4.69) is 15.9 Å². The van der Waals surface area contributed by atoms with Crippen molar-refractivity contribution in [2.45, 2.75) is 17.7 Å². The summed E-state index contributed by atoms with van der Waals surface area (Å²) in [5, 5.41) is 0.911. The van der Waals surface area contributed by atoms with Crippen molar-refractivity contribution in [3.63, 3.8) is 0 Å². The second kappa shape index (κ2) is 5.10. The number of alkyl halides is 1. The smallest absolute Gasteiger partial charge is 0.267 e. The zero-order valence-electron chi connectivity index (χ0n) is 8.69. The van der Waals surface area contributed by atoms with Crippen molar-refractivity contribution in [3.8, 4) is 0 Å². The van der Waals surface area contributed by atoms with Crippen LogP contribution >= 0.6 is 15.9 Å². The van der Waals surface area contributed by atoms with Crippen molar-refractivity contribution < 1.29 is 9.00 Å². The van der Waals surface area contributed by atoms with Crippen LogP contribution in [0.1, 0.15) is 23.2 Å². The van der Waals surface area contributed by atoms with Crippen LogP contribution in [0.25, 0.3) is 0 Å². The molecule has 0 bridgehead atoms. The number of unbranched alkanes of at least 4 members (excludes halogenated alkanes) is 1. The maximum Gasteiger partial charge on any atom is 0.267 e. The van der Waals surface area contributed by atoms with Crippen molar-refractivity contribution in [1.82, 2.24) is 4.31 Å².